The normalized spacial score (nSPS) is 19.9. The number of piperidine rings is 1. The number of hydrogen-bond donors (Lipinski definition) is 0. The molecular weight excluding hydrogens is 134 g/mol. The average molecular weight is 151 g/mol. The van der Waals surface area contributed by atoms with Crippen molar-refractivity contribution in [2.45, 2.75) is 19.8 Å². The van der Waals surface area contributed by atoms with Gasteiger partial charge in [-0.05, 0) is 24.8 Å². The van der Waals surface area contributed by atoms with E-state index in [1.165, 1.54) is 12.8 Å². The predicted octanol–water partition coefficient (Wildman–Crippen LogP) is 2.42. The van der Waals surface area contributed by atoms with Gasteiger partial charge in [-0.3, -0.25) is 0 Å². The second-order valence-corrected chi connectivity index (χ2v) is 3.37. The van der Waals surface area contributed by atoms with Gasteiger partial charge in [-0.1, -0.05) is 20.1 Å². The van der Waals surface area contributed by atoms with Crippen molar-refractivity contribution in [2.24, 2.45) is 5.92 Å². The van der Waals surface area contributed by atoms with E-state index in [0.29, 0.717) is 0 Å². The van der Waals surface area contributed by atoms with Gasteiger partial charge in [0, 0.05) is 18.8 Å². The number of hydrogen-bond acceptors (Lipinski definition) is 1. The maximum absolute atomic E-state index is 3.93. The zero-order chi connectivity index (χ0) is 8.27. The summed E-state index contributed by atoms with van der Waals surface area (Å²) in [6.45, 7) is 12.3. The van der Waals surface area contributed by atoms with Crippen molar-refractivity contribution in [2.75, 3.05) is 13.1 Å². The maximum atomic E-state index is 3.93. The largest absolute Gasteiger partial charge is 0.372 e. The van der Waals surface area contributed by atoms with Crippen molar-refractivity contribution < 1.29 is 0 Å². The molecule has 0 atom stereocenters. The number of rotatable bonds is 2. The lowest BCUT2D eigenvalue weighted by atomic mass is 9.99. The quantitative estimate of drug-likeness (QED) is 0.548. The Bertz CT molecular complexity index is 152. The second-order valence-electron chi connectivity index (χ2n) is 3.37. The van der Waals surface area contributed by atoms with E-state index in [2.05, 4.69) is 25.0 Å². The molecule has 1 rings (SSSR count). The summed E-state index contributed by atoms with van der Waals surface area (Å²) in [5, 5.41) is 0. The molecule has 0 saturated carbocycles. The van der Waals surface area contributed by atoms with Gasteiger partial charge in [0.2, 0.25) is 0 Å². The minimum Gasteiger partial charge on any atom is -0.372 e. The first-order valence-corrected chi connectivity index (χ1v) is 4.30. The molecule has 1 nitrogen and oxygen atoms in total. The third kappa shape index (κ3) is 2.11. The number of likely N-dealkylation sites (tertiary alicyclic amines) is 1. The van der Waals surface area contributed by atoms with Gasteiger partial charge in [0.25, 0.3) is 0 Å². The van der Waals surface area contributed by atoms with Crippen LogP contribution in [0.5, 0.6) is 0 Å². The van der Waals surface area contributed by atoms with E-state index in [1.807, 2.05) is 6.08 Å². The molecule has 11 heavy (non-hydrogen) atoms. The fourth-order valence-electron chi connectivity index (χ4n) is 1.42. The molecular formula is C10H17N. The van der Waals surface area contributed by atoms with Crippen LogP contribution in [-0.2, 0) is 0 Å². The van der Waals surface area contributed by atoms with Gasteiger partial charge in [-0.15, -0.1) is 0 Å². The third-order valence-corrected chi connectivity index (χ3v) is 2.43. The Morgan fingerprint density at radius 1 is 1.45 bits per heavy atom. The molecule has 0 unspecified atom stereocenters. The van der Waals surface area contributed by atoms with Crippen LogP contribution in [0.15, 0.2) is 24.9 Å². The first-order valence-electron chi connectivity index (χ1n) is 4.30. The van der Waals surface area contributed by atoms with Crippen LogP contribution < -0.4 is 0 Å². The van der Waals surface area contributed by atoms with Crippen LogP contribution in [0, 0.1) is 5.92 Å². The SMILES string of the molecule is C=CC(=C)N1CCC(C)CC1. The van der Waals surface area contributed by atoms with Crippen molar-refractivity contribution in [3.8, 4) is 0 Å². The van der Waals surface area contributed by atoms with Crippen LogP contribution in [0.3, 0.4) is 0 Å². The lowest BCUT2D eigenvalue weighted by molar-refractivity contribution is 0.244. The van der Waals surface area contributed by atoms with Crippen molar-refractivity contribution in [3.05, 3.63) is 24.9 Å². The molecule has 0 aliphatic carbocycles. The summed E-state index contributed by atoms with van der Waals surface area (Å²) < 4.78 is 0. The molecule has 1 aliphatic rings. The topological polar surface area (TPSA) is 3.24 Å². The van der Waals surface area contributed by atoms with Crippen molar-refractivity contribution in [3.63, 3.8) is 0 Å². The minimum atomic E-state index is 0.892. The Kier molecular flexibility index (Phi) is 2.75. The fourth-order valence-corrected chi connectivity index (χ4v) is 1.42. The smallest absolute Gasteiger partial charge is 0.0287 e. The van der Waals surface area contributed by atoms with E-state index < -0.39 is 0 Å². The first kappa shape index (κ1) is 8.38. The maximum Gasteiger partial charge on any atom is 0.0287 e. The molecule has 0 aromatic rings. The van der Waals surface area contributed by atoms with Crippen LogP contribution >= 0.6 is 0 Å². The van der Waals surface area contributed by atoms with Crippen molar-refractivity contribution in [1.29, 1.82) is 0 Å². The molecule has 0 N–H and O–H groups in total. The zero-order valence-corrected chi connectivity index (χ0v) is 7.34. The molecule has 1 fully saturated rings. The van der Waals surface area contributed by atoms with Crippen LogP contribution in [0.1, 0.15) is 19.8 Å². The molecule has 1 saturated heterocycles. The number of allylic oxidation sites excluding steroid dienone is 1. The van der Waals surface area contributed by atoms with E-state index in [9.17, 15) is 0 Å². The summed E-state index contributed by atoms with van der Waals surface area (Å²) in [5.74, 6) is 0.892. The Hall–Kier alpha value is -0.720. The van der Waals surface area contributed by atoms with Crippen molar-refractivity contribution in [1.82, 2.24) is 4.90 Å². The molecule has 1 heterocycles. The average Bonchev–Trinajstić information content (AvgIpc) is 2.05. The zero-order valence-electron chi connectivity index (χ0n) is 7.34. The molecule has 0 spiro atoms. The van der Waals surface area contributed by atoms with E-state index in [-0.39, 0.29) is 0 Å². The Morgan fingerprint density at radius 3 is 2.45 bits per heavy atom. The van der Waals surface area contributed by atoms with Crippen LogP contribution in [-0.4, -0.2) is 18.0 Å². The molecule has 62 valence electrons. The molecule has 0 aromatic heterocycles. The molecule has 0 aromatic carbocycles. The van der Waals surface area contributed by atoms with Gasteiger partial charge < -0.3 is 4.90 Å². The molecule has 0 radical (unpaired) electrons. The van der Waals surface area contributed by atoms with Crippen molar-refractivity contribution >= 4 is 0 Å². The summed E-state index contributed by atoms with van der Waals surface area (Å²) in [6.07, 6.45) is 4.44. The van der Waals surface area contributed by atoms with Gasteiger partial charge in [0.05, 0.1) is 0 Å². The van der Waals surface area contributed by atoms with E-state index in [0.717, 1.165) is 24.7 Å². The highest BCUT2D eigenvalue weighted by Gasteiger charge is 2.14. The number of nitrogens with zero attached hydrogens (tertiary/aromatic N) is 1. The van der Waals surface area contributed by atoms with Crippen LogP contribution in [0.25, 0.3) is 0 Å². The molecule has 1 aliphatic heterocycles. The highest BCUT2D eigenvalue weighted by molar-refractivity contribution is 5.10. The fraction of sp³-hybridized carbons (Fsp3) is 0.600. The molecule has 0 amide bonds. The van der Waals surface area contributed by atoms with Gasteiger partial charge in [-0.25, -0.2) is 0 Å². The summed E-state index contributed by atoms with van der Waals surface area (Å²) in [5.41, 5.74) is 1.08. The predicted molar refractivity (Wildman–Crippen MR) is 49.3 cm³/mol. The minimum absolute atomic E-state index is 0.892. The van der Waals surface area contributed by atoms with Gasteiger partial charge >= 0.3 is 0 Å². The summed E-state index contributed by atoms with van der Waals surface area (Å²) in [7, 11) is 0. The Morgan fingerprint density at radius 2 is 2.00 bits per heavy atom. The van der Waals surface area contributed by atoms with Crippen LogP contribution in [0.4, 0.5) is 0 Å². The van der Waals surface area contributed by atoms with E-state index in [1.54, 1.807) is 0 Å². The lowest BCUT2D eigenvalue weighted by Crippen LogP contribution is -2.31. The monoisotopic (exact) mass is 151 g/mol. The summed E-state index contributed by atoms with van der Waals surface area (Å²) in [4.78, 5) is 2.31. The van der Waals surface area contributed by atoms with Gasteiger partial charge in [0.15, 0.2) is 0 Å². The first-order chi connectivity index (χ1) is 5.24. The van der Waals surface area contributed by atoms with Gasteiger partial charge in [-0.2, -0.15) is 0 Å². The molecule has 0 bridgehead atoms. The molecule has 1 heteroatoms. The summed E-state index contributed by atoms with van der Waals surface area (Å²) >= 11 is 0. The summed E-state index contributed by atoms with van der Waals surface area (Å²) in [6, 6.07) is 0. The van der Waals surface area contributed by atoms with E-state index in [4.69, 9.17) is 0 Å². The Labute approximate surface area is 69.4 Å². The third-order valence-electron chi connectivity index (χ3n) is 2.43. The van der Waals surface area contributed by atoms with Gasteiger partial charge in [0.1, 0.15) is 0 Å². The highest BCUT2D eigenvalue weighted by atomic mass is 15.1. The standard InChI is InChI=1S/C10H17N/c1-4-10(3)11-7-5-9(2)6-8-11/h4,9H,1,3,5-8H2,2H3. The van der Waals surface area contributed by atoms with E-state index >= 15 is 0 Å². The lowest BCUT2D eigenvalue weighted by Gasteiger charge is -2.32. The highest BCUT2D eigenvalue weighted by Crippen LogP contribution is 2.18. The Balaban J connectivity index is 2.38. The second kappa shape index (κ2) is 3.61. The van der Waals surface area contributed by atoms with Crippen LogP contribution in [0.2, 0.25) is 0 Å².